The summed E-state index contributed by atoms with van der Waals surface area (Å²) in [6.45, 7) is 3.54. The minimum absolute atomic E-state index is 0. The van der Waals surface area contributed by atoms with Gasteiger partial charge < -0.3 is 20.3 Å². The summed E-state index contributed by atoms with van der Waals surface area (Å²) in [6, 6.07) is 8.09. The first-order valence-corrected chi connectivity index (χ1v) is 7.91. The van der Waals surface area contributed by atoms with Crippen LogP contribution in [0.4, 0.5) is 18.9 Å². The standard InChI is InChI=1S/C16H23F3N4O.HI/c1-20-15(21-7-6-16(17,18)19)22-12-13-2-4-14(5-3-13)23-8-10-24-11-9-23;/h2-5H,6-12H2,1H3,(H2,20,21,22);1H. The van der Waals surface area contributed by atoms with E-state index in [9.17, 15) is 13.2 Å². The van der Waals surface area contributed by atoms with E-state index in [1.807, 2.05) is 24.3 Å². The van der Waals surface area contributed by atoms with Crippen molar-refractivity contribution in [3.05, 3.63) is 29.8 Å². The third-order valence-electron chi connectivity index (χ3n) is 3.70. The molecule has 0 radical (unpaired) electrons. The van der Waals surface area contributed by atoms with E-state index in [4.69, 9.17) is 4.74 Å². The van der Waals surface area contributed by atoms with Crippen LogP contribution in [0.3, 0.4) is 0 Å². The Labute approximate surface area is 163 Å². The molecule has 0 saturated carbocycles. The molecule has 142 valence electrons. The first-order valence-electron chi connectivity index (χ1n) is 7.91. The van der Waals surface area contributed by atoms with Crippen molar-refractivity contribution in [2.75, 3.05) is 44.8 Å². The van der Waals surface area contributed by atoms with E-state index in [1.54, 1.807) is 0 Å². The van der Waals surface area contributed by atoms with Crippen LogP contribution in [0.1, 0.15) is 12.0 Å². The molecule has 1 saturated heterocycles. The summed E-state index contributed by atoms with van der Waals surface area (Å²) < 4.78 is 41.8. The fraction of sp³-hybridized carbons (Fsp3) is 0.562. The number of aliphatic imine (C=N–C) groups is 1. The number of hydrogen-bond acceptors (Lipinski definition) is 3. The zero-order valence-electron chi connectivity index (χ0n) is 14.1. The van der Waals surface area contributed by atoms with Gasteiger partial charge in [-0.15, -0.1) is 24.0 Å². The van der Waals surface area contributed by atoms with Gasteiger partial charge in [0.25, 0.3) is 0 Å². The van der Waals surface area contributed by atoms with Gasteiger partial charge in [-0.05, 0) is 17.7 Å². The Kier molecular flexibility index (Phi) is 9.33. The molecule has 0 spiro atoms. The van der Waals surface area contributed by atoms with Crippen LogP contribution < -0.4 is 15.5 Å². The molecule has 1 aliphatic heterocycles. The van der Waals surface area contributed by atoms with Crippen LogP contribution in [0.2, 0.25) is 0 Å². The molecule has 2 N–H and O–H groups in total. The molecule has 1 aromatic rings. The summed E-state index contributed by atoms with van der Waals surface area (Å²) >= 11 is 0. The SMILES string of the molecule is CN=C(NCCC(F)(F)F)NCc1ccc(N2CCOCC2)cc1.I. The molecule has 0 bridgehead atoms. The second-order valence-electron chi connectivity index (χ2n) is 5.48. The van der Waals surface area contributed by atoms with Gasteiger partial charge in [-0.3, -0.25) is 4.99 Å². The quantitative estimate of drug-likeness (QED) is 0.393. The third kappa shape index (κ3) is 8.13. The van der Waals surface area contributed by atoms with E-state index in [0.29, 0.717) is 12.5 Å². The van der Waals surface area contributed by atoms with Gasteiger partial charge in [0.05, 0.1) is 19.6 Å². The highest BCUT2D eigenvalue weighted by atomic mass is 127. The lowest BCUT2D eigenvalue weighted by molar-refractivity contribution is -0.132. The molecule has 0 aromatic heterocycles. The van der Waals surface area contributed by atoms with Gasteiger partial charge in [-0.25, -0.2) is 0 Å². The van der Waals surface area contributed by atoms with E-state index in [-0.39, 0.29) is 30.5 Å². The number of nitrogens with one attached hydrogen (secondary N) is 2. The topological polar surface area (TPSA) is 48.9 Å². The number of nitrogens with zero attached hydrogens (tertiary/aromatic N) is 2. The van der Waals surface area contributed by atoms with E-state index in [1.165, 1.54) is 7.05 Å². The maximum absolute atomic E-state index is 12.1. The number of alkyl halides is 3. The number of halogens is 4. The van der Waals surface area contributed by atoms with Crippen molar-refractivity contribution in [3.8, 4) is 0 Å². The fourth-order valence-corrected chi connectivity index (χ4v) is 2.38. The molecular weight excluding hydrogens is 448 g/mol. The fourth-order valence-electron chi connectivity index (χ4n) is 2.38. The van der Waals surface area contributed by atoms with Crippen LogP contribution in [-0.2, 0) is 11.3 Å². The second-order valence-corrected chi connectivity index (χ2v) is 5.48. The maximum atomic E-state index is 12.1. The normalized spacial score (nSPS) is 15.5. The highest BCUT2D eigenvalue weighted by Crippen LogP contribution is 2.18. The number of anilines is 1. The van der Waals surface area contributed by atoms with Crippen molar-refractivity contribution in [3.63, 3.8) is 0 Å². The average molecular weight is 472 g/mol. The molecule has 9 heteroatoms. The first-order chi connectivity index (χ1) is 11.5. The number of morpholine rings is 1. The van der Waals surface area contributed by atoms with Crippen molar-refractivity contribution in [2.45, 2.75) is 19.1 Å². The van der Waals surface area contributed by atoms with Gasteiger partial charge >= 0.3 is 6.18 Å². The van der Waals surface area contributed by atoms with Crippen molar-refractivity contribution < 1.29 is 17.9 Å². The van der Waals surface area contributed by atoms with Gasteiger partial charge in [0.15, 0.2) is 5.96 Å². The Hall–Kier alpha value is -1.23. The van der Waals surface area contributed by atoms with Gasteiger partial charge in [0, 0.05) is 38.9 Å². The molecule has 5 nitrogen and oxygen atoms in total. The smallest absolute Gasteiger partial charge is 0.378 e. The average Bonchev–Trinajstić information content (AvgIpc) is 2.58. The van der Waals surface area contributed by atoms with Crippen LogP contribution in [0, 0.1) is 0 Å². The first kappa shape index (κ1) is 21.8. The van der Waals surface area contributed by atoms with Crippen molar-refractivity contribution in [1.82, 2.24) is 10.6 Å². The van der Waals surface area contributed by atoms with Crippen LogP contribution in [0.15, 0.2) is 29.3 Å². The highest BCUT2D eigenvalue weighted by Gasteiger charge is 2.26. The summed E-state index contributed by atoms with van der Waals surface area (Å²) in [7, 11) is 1.53. The third-order valence-corrected chi connectivity index (χ3v) is 3.70. The van der Waals surface area contributed by atoms with E-state index in [0.717, 1.165) is 37.6 Å². The lowest BCUT2D eigenvalue weighted by atomic mass is 10.2. The maximum Gasteiger partial charge on any atom is 0.390 e. The molecule has 2 rings (SSSR count). The minimum atomic E-state index is -4.17. The predicted octanol–water partition coefficient (Wildman–Crippen LogP) is 2.76. The molecule has 0 aliphatic carbocycles. The number of guanidine groups is 1. The predicted molar refractivity (Wildman–Crippen MR) is 104 cm³/mol. The van der Waals surface area contributed by atoms with Gasteiger partial charge in [0.1, 0.15) is 0 Å². The summed E-state index contributed by atoms with van der Waals surface area (Å²) in [5, 5.41) is 5.66. The Morgan fingerprint density at radius 3 is 2.36 bits per heavy atom. The van der Waals surface area contributed by atoms with Crippen LogP contribution >= 0.6 is 24.0 Å². The number of rotatable bonds is 5. The zero-order chi connectivity index (χ0) is 17.4. The molecule has 0 amide bonds. The van der Waals surface area contributed by atoms with E-state index < -0.39 is 12.6 Å². The monoisotopic (exact) mass is 472 g/mol. The summed E-state index contributed by atoms with van der Waals surface area (Å²) in [6.07, 6.45) is -5.05. The molecule has 0 unspecified atom stereocenters. The second kappa shape index (κ2) is 10.7. The Bertz CT molecular complexity index is 531. The zero-order valence-corrected chi connectivity index (χ0v) is 16.4. The Morgan fingerprint density at radius 1 is 1.16 bits per heavy atom. The Balaban J connectivity index is 0.00000312. The largest absolute Gasteiger partial charge is 0.390 e. The highest BCUT2D eigenvalue weighted by molar-refractivity contribution is 14.0. The lowest BCUT2D eigenvalue weighted by Gasteiger charge is -2.28. The van der Waals surface area contributed by atoms with Crippen molar-refractivity contribution in [1.29, 1.82) is 0 Å². The van der Waals surface area contributed by atoms with Crippen LogP contribution in [0.5, 0.6) is 0 Å². The van der Waals surface area contributed by atoms with Crippen LogP contribution in [-0.4, -0.2) is 52.0 Å². The van der Waals surface area contributed by atoms with Gasteiger partial charge in [-0.1, -0.05) is 12.1 Å². The molecule has 1 aromatic carbocycles. The number of benzene rings is 1. The number of ether oxygens (including phenoxy) is 1. The number of hydrogen-bond donors (Lipinski definition) is 2. The van der Waals surface area contributed by atoms with E-state index >= 15 is 0 Å². The van der Waals surface area contributed by atoms with Gasteiger partial charge in [0.2, 0.25) is 0 Å². The van der Waals surface area contributed by atoms with Crippen LogP contribution in [0.25, 0.3) is 0 Å². The van der Waals surface area contributed by atoms with Crippen molar-refractivity contribution >= 4 is 35.6 Å². The molecule has 25 heavy (non-hydrogen) atoms. The van der Waals surface area contributed by atoms with Gasteiger partial charge in [-0.2, -0.15) is 13.2 Å². The van der Waals surface area contributed by atoms with E-state index in [2.05, 4.69) is 20.5 Å². The van der Waals surface area contributed by atoms with Crippen molar-refractivity contribution in [2.24, 2.45) is 4.99 Å². The molecule has 1 aliphatic rings. The molecule has 1 fully saturated rings. The lowest BCUT2D eigenvalue weighted by Crippen LogP contribution is -2.38. The summed E-state index contributed by atoms with van der Waals surface area (Å²) in [5.74, 6) is 0.358. The molecule has 0 atom stereocenters. The molecule has 1 heterocycles. The summed E-state index contributed by atoms with van der Waals surface area (Å²) in [5.41, 5.74) is 2.18. The molecular formula is C16H24F3IN4O. The minimum Gasteiger partial charge on any atom is -0.378 e. The summed E-state index contributed by atoms with van der Waals surface area (Å²) in [4.78, 5) is 6.18. The Morgan fingerprint density at radius 2 is 1.80 bits per heavy atom.